The molecule has 0 saturated heterocycles. The molecule has 0 bridgehead atoms. The molecule has 2 amide bonds. The second-order valence-electron chi connectivity index (χ2n) is 9.09. The summed E-state index contributed by atoms with van der Waals surface area (Å²) >= 11 is 0. The van der Waals surface area contributed by atoms with Crippen LogP contribution in [0.1, 0.15) is 48.4 Å². The van der Waals surface area contributed by atoms with Gasteiger partial charge >= 0.3 is 0 Å². The normalized spacial score (nSPS) is 15.3. The Morgan fingerprint density at radius 2 is 2.00 bits per heavy atom. The van der Waals surface area contributed by atoms with Crippen LogP contribution in [0.5, 0.6) is 0 Å². The third-order valence-electron chi connectivity index (χ3n) is 6.63. The maximum atomic E-state index is 12.9. The van der Waals surface area contributed by atoms with Gasteiger partial charge in [0, 0.05) is 14.1 Å². The maximum Gasteiger partial charge on any atom is 0.287 e. The first kappa shape index (κ1) is 22.8. The van der Waals surface area contributed by atoms with Gasteiger partial charge < -0.3 is 20.0 Å². The van der Waals surface area contributed by atoms with Gasteiger partial charge in [-0.2, -0.15) is 5.10 Å². The summed E-state index contributed by atoms with van der Waals surface area (Å²) in [6.07, 6.45) is 6.84. The molecule has 0 aliphatic heterocycles. The third-order valence-corrected chi connectivity index (χ3v) is 6.63. The van der Waals surface area contributed by atoms with Gasteiger partial charge in [0.15, 0.2) is 17.3 Å². The Morgan fingerprint density at radius 3 is 2.71 bits per heavy atom. The van der Waals surface area contributed by atoms with Crippen LogP contribution in [0.3, 0.4) is 0 Å². The lowest BCUT2D eigenvalue weighted by molar-refractivity contribution is -0.124. The van der Waals surface area contributed by atoms with Crippen molar-refractivity contribution >= 4 is 22.8 Å². The van der Waals surface area contributed by atoms with E-state index in [2.05, 4.69) is 30.7 Å². The summed E-state index contributed by atoms with van der Waals surface area (Å²) < 4.78 is 7.62. The monoisotopic (exact) mass is 475 g/mol. The van der Waals surface area contributed by atoms with E-state index in [4.69, 9.17) is 4.42 Å². The molecule has 0 radical (unpaired) electrons. The summed E-state index contributed by atoms with van der Waals surface area (Å²) in [4.78, 5) is 37.8. The zero-order valence-corrected chi connectivity index (χ0v) is 20.1. The van der Waals surface area contributed by atoms with Crippen LogP contribution in [0.2, 0.25) is 0 Å². The number of imidazole rings is 1. The molecule has 0 unspecified atom stereocenters. The largest absolute Gasteiger partial charge is 0.449 e. The predicted molar refractivity (Wildman–Crippen MR) is 130 cm³/mol. The lowest BCUT2D eigenvalue weighted by Crippen LogP contribution is -2.50. The number of nitrogens with one attached hydrogen (secondary N) is 3. The highest BCUT2D eigenvalue weighted by atomic mass is 16.4. The highest BCUT2D eigenvalue weighted by Gasteiger charge is 2.31. The standard InChI is InChI=1S/C25H29N7O3/c1-14-11-19(32(3)31-14)23-28-16-12-17(27-13-18(16)29-23)20-9-10-21(35-20)24(33)30-22(25(34)26-2)15-7-5-4-6-8-15/h9-13,15,22H,4-8H2,1-3H3,(H,26,34)(H,28,29)(H,30,33)/t22-/m0/s1. The van der Waals surface area contributed by atoms with Crippen LogP contribution in [-0.2, 0) is 11.8 Å². The highest BCUT2D eigenvalue weighted by molar-refractivity contribution is 5.96. The number of amides is 2. The van der Waals surface area contributed by atoms with E-state index in [1.165, 1.54) is 6.42 Å². The molecule has 1 aliphatic carbocycles. The minimum atomic E-state index is -0.574. The van der Waals surface area contributed by atoms with Crippen molar-refractivity contribution in [1.82, 2.24) is 35.4 Å². The van der Waals surface area contributed by atoms with Gasteiger partial charge in [0.25, 0.3) is 5.91 Å². The first-order valence-electron chi connectivity index (χ1n) is 11.9. The lowest BCUT2D eigenvalue weighted by atomic mass is 9.83. The van der Waals surface area contributed by atoms with Crippen molar-refractivity contribution in [2.24, 2.45) is 13.0 Å². The number of likely N-dealkylation sites (N-methyl/N-ethyl adjacent to an activating group) is 1. The van der Waals surface area contributed by atoms with Crippen LogP contribution in [-0.4, -0.2) is 49.6 Å². The van der Waals surface area contributed by atoms with E-state index in [0.29, 0.717) is 22.8 Å². The molecule has 1 fully saturated rings. The summed E-state index contributed by atoms with van der Waals surface area (Å²) in [7, 11) is 3.46. The fourth-order valence-electron chi connectivity index (χ4n) is 4.83. The van der Waals surface area contributed by atoms with Crippen LogP contribution in [0, 0.1) is 12.8 Å². The number of H-pyrrole nitrogens is 1. The molecule has 10 nitrogen and oxygen atoms in total. The van der Waals surface area contributed by atoms with E-state index in [-0.39, 0.29) is 17.6 Å². The fourth-order valence-corrected chi connectivity index (χ4v) is 4.83. The smallest absolute Gasteiger partial charge is 0.287 e. The average Bonchev–Trinajstić information content (AvgIpc) is 3.60. The van der Waals surface area contributed by atoms with Crippen molar-refractivity contribution in [3.05, 3.63) is 41.9 Å². The van der Waals surface area contributed by atoms with Gasteiger partial charge in [-0.3, -0.25) is 19.3 Å². The minimum Gasteiger partial charge on any atom is -0.449 e. The number of carbonyl (C=O) groups excluding carboxylic acids is 2. The Morgan fingerprint density at radius 1 is 1.20 bits per heavy atom. The Bertz CT molecular complexity index is 1380. The second-order valence-corrected chi connectivity index (χ2v) is 9.09. The van der Waals surface area contributed by atoms with Crippen molar-refractivity contribution in [2.45, 2.75) is 45.1 Å². The molecule has 10 heteroatoms. The third kappa shape index (κ3) is 4.55. The van der Waals surface area contributed by atoms with Crippen molar-refractivity contribution < 1.29 is 14.0 Å². The van der Waals surface area contributed by atoms with E-state index in [0.717, 1.165) is 42.6 Å². The van der Waals surface area contributed by atoms with Gasteiger partial charge in [-0.1, -0.05) is 19.3 Å². The Labute approximate surface area is 202 Å². The molecule has 4 aromatic rings. The summed E-state index contributed by atoms with van der Waals surface area (Å²) in [6, 6.07) is 6.54. The van der Waals surface area contributed by atoms with Gasteiger partial charge in [-0.25, -0.2) is 4.98 Å². The Hall–Kier alpha value is -3.95. The SMILES string of the molecule is CNC(=O)[C@@H](NC(=O)c1ccc(-c2cc3[nH]c(-c4cc(C)nn4C)nc3cn2)o1)C1CCCCC1. The number of carbonyl (C=O) groups is 2. The van der Waals surface area contributed by atoms with Gasteiger partial charge in [0.05, 0.1) is 17.4 Å². The number of aromatic amines is 1. The van der Waals surface area contributed by atoms with Gasteiger partial charge in [-0.15, -0.1) is 0 Å². The Balaban J connectivity index is 1.36. The average molecular weight is 476 g/mol. The molecule has 3 N–H and O–H groups in total. The molecule has 0 spiro atoms. The number of hydrogen-bond donors (Lipinski definition) is 3. The van der Waals surface area contributed by atoms with E-state index in [1.807, 2.05) is 26.1 Å². The van der Waals surface area contributed by atoms with Gasteiger partial charge in [-0.05, 0) is 49.9 Å². The number of hydrogen-bond acceptors (Lipinski definition) is 6. The summed E-state index contributed by atoms with van der Waals surface area (Å²) in [5.74, 6) is 0.837. The maximum absolute atomic E-state index is 12.9. The van der Waals surface area contributed by atoms with E-state index in [9.17, 15) is 9.59 Å². The molecule has 5 rings (SSSR count). The van der Waals surface area contributed by atoms with E-state index in [1.54, 1.807) is 30.1 Å². The molecule has 1 aliphatic rings. The molecule has 1 atom stereocenters. The predicted octanol–water partition coefficient (Wildman–Crippen LogP) is 3.35. The van der Waals surface area contributed by atoms with E-state index >= 15 is 0 Å². The summed E-state index contributed by atoms with van der Waals surface area (Å²) in [5, 5.41) is 9.94. The number of nitrogens with zero attached hydrogens (tertiary/aromatic N) is 4. The topological polar surface area (TPSA) is 131 Å². The van der Waals surface area contributed by atoms with Crippen molar-refractivity contribution in [1.29, 1.82) is 0 Å². The van der Waals surface area contributed by atoms with Gasteiger partial charge in [0.2, 0.25) is 5.91 Å². The zero-order valence-electron chi connectivity index (χ0n) is 20.1. The van der Waals surface area contributed by atoms with Crippen LogP contribution < -0.4 is 10.6 Å². The van der Waals surface area contributed by atoms with Gasteiger partial charge in [0.1, 0.15) is 22.9 Å². The number of furan rings is 1. The number of rotatable bonds is 6. The molecule has 1 saturated carbocycles. The zero-order chi connectivity index (χ0) is 24.5. The molecule has 0 aromatic carbocycles. The highest BCUT2D eigenvalue weighted by Crippen LogP contribution is 2.28. The van der Waals surface area contributed by atoms with Crippen LogP contribution in [0.25, 0.3) is 34.0 Å². The van der Waals surface area contributed by atoms with Crippen molar-refractivity contribution in [2.75, 3.05) is 7.05 Å². The number of pyridine rings is 1. The summed E-state index contributed by atoms with van der Waals surface area (Å²) in [6.45, 7) is 1.93. The molecule has 35 heavy (non-hydrogen) atoms. The number of aryl methyl sites for hydroxylation is 2. The first-order valence-corrected chi connectivity index (χ1v) is 11.9. The molecule has 4 heterocycles. The minimum absolute atomic E-state index is 0.129. The molecular formula is C25H29N7O3. The lowest BCUT2D eigenvalue weighted by Gasteiger charge is -2.29. The molecule has 4 aromatic heterocycles. The van der Waals surface area contributed by atoms with Crippen LogP contribution in [0.15, 0.2) is 34.9 Å². The second kappa shape index (κ2) is 9.36. The van der Waals surface area contributed by atoms with Crippen molar-refractivity contribution in [3.8, 4) is 23.0 Å². The molecule has 182 valence electrons. The van der Waals surface area contributed by atoms with Crippen LogP contribution in [0.4, 0.5) is 0 Å². The summed E-state index contributed by atoms with van der Waals surface area (Å²) in [5.41, 5.74) is 3.87. The number of aromatic nitrogens is 5. The fraction of sp³-hybridized carbons (Fsp3) is 0.400. The number of fused-ring (bicyclic) bond motifs is 1. The van der Waals surface area contributed by atoms with Crippen LogP contribution >= 0.6 is 0 Å². The van der Waals surface area contributed by atoms with Crippen molar-refractivity contribution in [3.63, 3.8) is 0 Å². The first-order chi connectivity index (χ1) is 16.9. The Kier molecular flexibility index (Phi) is 6.10. The van der Waals surface area contributed by atoms with E-state index < -0.39 is 11.9 Å². The molecular weight excluding hydrogens is 446 g/mol. The quantitative estimate of drug-likeness (QED) is 0.392.